The molecule has 0 spiro atoms. The average Bonchev–Trinajstić information content (AvgIpc) is 2.78. The van der Waals surface area contributed by atoms with E-state index >= 15 is 0 Å². The number of carbonyl (C=O) groups excluding carboxylic acids is 1. The lowest BCUT2D eigenvalue weighted by atomic mass is 10.0. The van der Waals surface area contributed by atoms with Crippen molar-refractivity contribution in [3.8, 4) is 0 Å². The minimum Gasteiger partial charge on any atom is -0.356 e. The van der Waals surface area contributed by atoms with Gasteiger partial charge in [-0.15, -0.1) is 0 Å². The van der Waals surface area contributed by atoms with E-state index in [4.69, 9.17) is 0 Å². The minimum atomic E-state index is 0.314. The smallest absolute Gasteiger partial charge is 0.223 e. The van der Waals surface area contributed by atoms with E-state index in [-0.39, 0.29) is 0 Å². The number of amides is 1. The number of fused-ring (bicyclic) bond motifs is 1. The number of hydrogen-bond donors (Lipinski definition) is 1. The lowest BCUT2D eigenvalue weighted by Gasteiger charge is -2.04. The predicted octanol–water partition coefficient (Wildman–Crippen LogP) is 1.56. The Labute approximate surface area is 73.7 Å². The van der Waals surface area contributed by atoms with E-state index < -0.39 is 0 Å². The Balaban J connectivity index is 1.87. The molecule has 0 unspecified atom stereocenters. The van der Waals surface area contributed by atoms with Crippen molar-refractivity contribution in [1.29, 1.82) is 0 Å². The van der Waals surface area contributed by atoms with Crippen LogP contribution < -0.4 is 5.32 Å². The van der Waals surface area contributed by atoms with Crippen molar-refractivity contribution in [3.05, 3.63) is 0 Å². The standard InChI is InChI=1S/C10H17NO/c1-2-11-10(12)9-7-5-3-4-6-8(7)9/h7-9H,2-6H2,1H3,(H,11,12)/t7-,8-/m1/s1. The summed E-state index contributed by atoms with van der Waals surface area (Å²) in [6.45, 7) is 2.78. The molecule has 0 aromatic heterocycles. The first-order valence-corrected chi connectivity index (χ1v) is 5.12. The van der Waals surface area contributed by atoms with Crippen molar-refractivity contribution < 1.29 is 4.79 Å². The predicted molar refractivity (Wildman–Crippen MR) is 47.6 cm³/mol. The SMILES string of the molecule is CCNC(=O)C1[C@@H]2CCCC[C@@H]12. The van der Waals surface area contributed by atoms with Crippen LogP contribution >= 0.6 is 0 Å². The Kier molecular flexibility index (Phi) is 2.07. The third-order valence-corrected chi connectivity index (χ3v) is 3.31. The first-order chi connectivity index (χ1) is 5.84. The summed E-state index contributed by atoms with van der Waals surface area (Å²) in [5.41, 5.74) is 0. The first-order valence-electron chi connectivity index (χ1n) is 5.12. The summed E-state index contributed by atoms with van der Waals surface area (Å²) >= 11 is 0. The molecule has 2 atom stereocenters. The van der Waals surface area contributed by atoms with Gasteiger partial charge in [0.1, 0.15) is 0 Å². The van der Waals surface area contributed by atoms with Crippen LogP contribution in [0.3, 0.4) is 0 Å². The Morgan fingerprint density at radius 3 is 2.42 bits per heavy atom. The fourth-order valence-corrected chi connectivity index (χ4v) is 2.67. The second kappa shape index (κ2) is 3.08. The Morgan fingerprint density at radius 2 is 1.92 bits per heavy atom. The number of rotatable bonds is 2. The van der Waals surface area contributed by atoms with Crippen LogP contribution in [-0.4, -0.2) is 12.5 Å². The monoisotopic (exact) mass is 167 g/mol. The van der Waals surface area contributed by atoms with Gasteiger partial charge in [0.2, 0.25) is 5.91 Å². The molecule has 1 amide bonds. The molecule has 0 aliphatic heterocycles. The molecule has 12 heavy (non-hydrogen) atoms. The van der Waals surface area contributed by atoms with Crippen LogP contribution in [-0.2, 0) is 4.79 Å². The molecule has 0 aromatic carbocycles. The normalized spacial score (nSPS) is 38.6. The topological polar surface area (TPSA) is 29.1 Å². The molecule has 2 aliphatic rings. The lowest BCUT2D eigenvalue weighted by Crippen LogP contribution is -2.25. The van der Waals surface area contributed by atoms with Gasteiger partial charge in [-0.05, 0) is 31.6 Å². The van der Waals surface area contributed by atoms with Gasteiger partial charge >= 0.3 is 0 Å². The maximum absolute atomic E-state index is 11.5. The van der Waals surface area contributed by atoms with Crippen LogP contribution in [0.1, 0.15) is 32.6 Å². The summed E-state index contributed by atoms with van der Waals surface area (Å²) in [7, 11) is 0. The van der Waals surface area contributed by atoms with E-state index in [0.29, 0.717) is 11.8 Å². The maximum Gasteiger partial charge on any atom is 0.223 e. The summed E-state index contributed by atoms with van der Waals surface area (Å²) in [4.78, 5) is 11.5. The molecule has 2 fully saturated rings. The van der Waals surface area contributed by atoms with Crippen molar-refractivity contribution in [2.24, 2.45) is 17.8 Å². The van der Waals surface area contributed by atoms with Crippen LogP contribution in [0.15, 0.2) is 0 Å². The fraction of sp³-hybridized carbons (Fsp3) is 0.900. The zero-order valence-corrected chi connectivity index (χ0v) is 7.68. The van der Waals surface area contributed by atoms with Gasteiger partial charge in [0.05, 0.1) is 0 Å². The highest BCUT2D eigenvalue weighted by Gasteiger charge is 2.54. The molecule has 0 bridgehead atoms. The molecule has 0 aromatic rings. The third kappa shape index (κ3) is 1.23. The largest absolute Gasteiger partial charge is 0.356 e. The quantitative estimate of drug-likeness (QED) is 0.664. The van der Waals surface area contributed by atoms with Crippen LogP contribution in [0.4, 0.5) is 0 Å². The summed E-state index contributed by atoms with van der Waals surface area (Å²) < 4.78 is 0. The summed E-state index contributed by atoms with van der Waals surface area (Å²) in [5, 5.41) is 2.92. The van der Waals surface area contributed by atoms with Crippen molar-refractivity contribution in [3.63, 3.8) is 0 Å². The second-order valence-electron chi connectivity index (χ2n) is 4.03. The highest BCUT2D eigenvalue weighted by Crippen LogP contribution is 2.55. The number of nitrogens with one attached hydrogen (secondary N) is 1. The molecule has 1 N–H and O–H groups in total. The Morgan fingerprint density at radius 1 is 1.33 bits per heavy atom. The van der Waals surface area contributed by atoms with Crippen LogP contribution in [0, 0.1) is 17.8 Å². The highest BCUT2D eigenvalue weighted by atomic mass is 16.2. The van der Waals surface area contributed by atoms with Gasteiger partial charge in [0.25, 0.3) is 0 Å². The summed E-state index contributed by atoms with van der Waals surface area (Å²) in [6, 6.07) is 0. The minimum absolute atomic E-state index is 0.314. The van der Waals surface area contributed by atoms with Crippen LogP contribution in [0.2, 0.25) is 0 Å². The van der Waals surface area contributed by atoms with Gasteiger partial charge < -0.3 is 5.32 Å². The molecule has 2 heteroatoms. The van der Waals surface area contributed by atoms with Gasteiger partial charge in [0, 0.05) is 12.5 Å². The zero-order chi connectivity index (χ0) is 8.55. The fourth-order valence-electron chi connectivity index (χ4n) is 2.67. The Bertz CT molecular complexity index is 178. The maximum atomic E-state index is 11.5. The van der Waals surface area contributed by atoms with Gasteiger partial charge in [-0.25, -0.2) is 0 Å². The van der Waals surface area contributed by atoms with E-state index in [9.17, 15) is 4.79 Å². The third-order valence-electron chi connectivity index (χ3n) is 3.31. The van der Waals surface area contributed by atoms with Crippen LogP contribution in [0.5, 0.6) is 0 Å². The highest BCUT2D eigenvalue weighted by molar-refractivity contribution is 5.82. The van der Waals surface area contributed by atoms with Gasteiger partial charge in [-0.3, -0.25) is 4.79 Å². The number of carbonyl (C=O) groups is 1. The van der Waals surface area contributed by atoms with E-state index in [0.717, 1.165) is 18.4 Å². The molecule has 2 nitrogen and oxygen atoms in total. The van der Waals surface area contributed by atoms with E-state index in [2.05, 4.69) is 5.32 Å². The number of hydrogen-bond acceptors (Lipinski definition) is 1. The van der Waals surface area contributed by atoms with Gasteiger partial charge in [-0.2, -0.15) is 0 Å². The lowest BCUT2D eigenvalue weighted by molar-refractivity contribution is -0.122. The van der Waals surface area contributed by atoms with Crippen molar-refractivity contribution >= 4 is 5.91 Å². The molecular formula is C10H17NO. The van der Waals surface area contributed by atoms with Crippen LogP contribution in [0.25, 0.3) is 0 Å². The molecule has 2 saturated carbocycles. The van der Waals surface area contributed by atoms with Crippen molar-refractivity contribution in [2.75, 3.05) is 6.54 Å². The Hall–Kier alpha value is -0.530. The van der Waals surface area contributed by atoms with E-state index in [1.165, 1.54) is 25.7 Å². The average molecular weight is 167 g/mol. The summed E-state index contributed by atoms with van der Waals surface area (Å²) in [5.74, 6) is 2.22. The molecule has 2 rings (SSSR count). The molecule has 68 valence electrons. The van der Waals surface area contributed by atoms with Crippen molar-refractivity contribution in [1.82, 2.24) is 5.32 Å². The van der Waals surface area contributed by atoms with Gasteiger partial charge in [0.15, 0.2) is 0 Å². The summed E-state index contributed by atoms with van der Waals surface area (Å²) in [6.07, 6.45) is 5.28. The molecule has 2 aliphatic carbocycles. The van der Waals surface area contributed by atoms with Crippen molar-refractivity contribution in [2.45, 2.75) is 32.6 Å². The zero-order valence-electron chi connectivity index (χ0n) is 7.68. The molecular weight excluding hydrogens is 150 g/mol. The molecule has 0 saturated heterocycles. The second-order valence-corrected chi connectivity index (χ2v) is 4.03. The van der Waals surface area contributed by atoms with Gasteiger partial charge in [-0.1, -0.05) is 12.8 Å². The van der Waals surface area contributed by atoms with E-state index in [1.807, 2.05) is 6.92 Å². The molecule has 0 radical (unpaired) electrons. The first kappa shape index (κ1) is 8.09. The van der Waals surface area contributed by atoms with E-state index in [1.54, 1.807) is 0 Å². The molecule has 0 heterocycles.